The number of hydrogen-bond donors (Lipinski definition) is 0. The third-order valence-electron chi connectivity index (χ3n) is 4.74. The number of nitrogens with zero attached hydrogens (tertiary/aromatic N) is 3. The first-order valence-corrected chi connectivity index (χ1v) is 10.3. The lowest BCUT2D eigenvalue weighted by Gasteiger charge is -2.23. The summed E-state index contributed by atoms with van der Waals surface area (Å²) >= 11 is 6.73. The Kier molecular flexibility index (Phi) is 6.16. The smallest absolute Gasteiger partial charge is 0.283 e. The predicted molar refractivity (Wildman–Crippen MR) is 110 cm³/mol. The van der Waals surface area contributed by atoms with Crippen molar-refractivity contribution >= 4 is 45.8 Å². The third-order valence-corrected chi connectivity index (χ3v) is 6.25. The zero-order valence-corrected chi connectivity index (χ0v) is 17.0. The molecular formula is C19H22FN3O2S2. The molecule has 144 valence electrons. The van der Waals surface area contributed by atoms with Gasteiger partial charge in [0.05, 0.1) is 5.69 Å². The van der Waals surface area contributed by atoms with Crippen LogP contribution in [0.15, 0.2) is 34.9 Å². The van der Waals surface area contributed by atoms with Gasteiger partial charge in [-0.1, -0.05) is 24.0 Å². The number of thiocarbonyl (C=S) groups is 1. The van der Waals surface area contributed by atoms with Gasteiger partial charge in [0.2, 0.25) is 0 Å². The third kappa shape index (κ3) is 3.87. The van der Waals surface area contributed by atoms with Crippen LogP contribution in [-0.2, 0) is 9.59 Å². The number of imide groups is 1. The molecule has 1 aromatic carbocycles. The largest absolute Gasteiger partial charge is 0.367 e. The van der Waals surface area contributed by atoms with Gasteiger partial charge in [0.25, 0.3) is 11.8 Å². The number of rotatable bonds is 5. The zero-order valence-electron chi connectivity index (χ0n) is 15.4. The number of amides is 2. The molecule has 3 rings (SSSR count). The minimum Gasteiger partial charge on any atom is -0.367 e. The Bertz CT molecular complexity index is 785. The van der Waals surface area contributed by atoms with Gasteiger partial charge >= 0.3 is 0 Å². The zero-order chi connectivity index (χ0) is 19.6. The Morgan fingerprint density at radius 1 is 1.11 bits per heavy atom. The van der Waals surface area contributed by atoms with Crippen LogP contribution in [0.1, 0.15) is 26.7 Å². The molecule has 0 radical (unpaired) electrons. The normalized spacial score (nSPS) is 17.3. The van der Waals surface area contributed by atoms with Crippen LogP contribution in [0.2, 0.25) is 0 Å². The number of likely N-dealkylation sites (N-methyl/N-ethyl adjacent to an activating group) is 1. The summed E-state index contributed by atoms with van der Waals surface area (Å²) in [5.41, 5.74) is 0.736. The molecule has 1 saturated heterocycles. The lowest BCUT2D eigenvalue weighted by Crippen LogP contribution is -2.35. The molecule has 0 aliphatic carbocycles. The molecule has 2 aliphatic rings. The van der Waals surface area contributed by atoms with E-state index in [-0.39, 0.29) is 5.91 Å². The average Bonchev–Trinajstić information content (AvgIpc) is 3.27. The van der Waals surface area contributed by atoms with Crippen molar-refractivity contribution in [2.75, 3.05) is 31.1 Å². The van der Waals surface area contributed by atoms with E-state index in [1.807, 2.05) is 18.7 Å². The molecule has 27 heavy (non-hydrogen) atoms. The molecule has 0 unspecified atom stereocenters. The fourth-order valence-electron chi connectivity index (χ4n) is 3.29. The van der Waals surface area contributed by atoms with E-state index in [0.717, 1.165) is 30.8 Å². The van der Waals surface area contributed by atoms with Crippen LogP contribution in [0.5, 0.6) is 0 Å². The van der Waals surface area contributed by atoms with Crippen LogP contribution in [0, 0.1) is 5.82 Å². The second-order valence-corrected chi connectivity index (χ2v) is 7.98. The molecule has 0 N–H and O–H groups in total. The second-order valence-electron chi connectivity index (χ2n) is 6.33. The lowest BCUT2D eigenvalue weighted by molar-refractivity contribution is -0.121. The van der Waals surface area contributed by atoms with Gasteiger partial charge in [-0.2, -0.15) is 0 Å². The maximum Gasteiger partial charge on any atom is 0.283 e. The molecule has 0 atom stereocenters. The number of hydrogen-bond acceptors (Lipinski definition) is 5. The van der Waals surface area contributed by atoms with Crippen LogP contribution in [-0.4, -0.2) is 52.1 Å². The highest BCUT2D eigenvalue weighted by molar-refractivity contribution is 8.26. The molecule has 1 aromatic rings. The van der Waals surface area contributed by atoms with Crippen molar-refractivity contribution in [2.45, 2.75) is 26.7 Å². The average molecular weight is 408 g/mol. The molecule has 5 nitrogen and oxygen atoms in total. The summed E-state index contributed by atoms with van der Waals surface area (Å²) in [5.74, 6) is -1.21. The van der Waals surface area contributed by atoms with E-state index >= 15 is 0 Å². The minimum atomic E-state index is -0.417. The molecule has 8 heteroatoms. The van der Waals surface area contributed by atoms with Crippen molar-refractivity contribution < 1.29 is 14.0 Å². The first kappa shape index (κ1) is 19.8. The topological polar surface area (TPSA) is 43.9 Å². The van der Waals surface area contributed by atoms with E-state index in [2.05, 4.69) is 4.90 Å². The van der Waals surface area contributed by atoms with Crippen molar-refractivity contribution in [3.8, 4) is 0 Å². The lowest BCUT2D eigenvalue weighted by atomic mass is 10.3. The molecule has 2 heterocycles. The van der Waals surface area contributed by atoms with Gasteiger partial charge < -0.3 is 9.80 Å². The summed E-state index contributed by atoms with van der Waals surface area (Å²) in [4.78, 5) is 31.7. The molecule has 1 fully saturated rings. The highest BCUT2D eigenvalue weighted by Crippen LogP contribution is 2.36. The number of carbonyl (C=O) groups is 2. The number of carbonyl (C=O) groups excluding carboxylic acids is 2. The Labute approximate surface area is 168 Å². The van der Waals surface area contributed by atoms with Crippen LogP contribution >= 0.6 is 24.0 Å². The molecular weight excluding hydrogens is 385 g/mol. The molecule has 2 amide bonds. The van der Waals surface area contributed by atoms with E-state index in [1.165, 1.54) is 36.0 Å². The van der Waals surface area contributed by atoms with Crippen molar-refractivity contribution in [3.63, 3.8) is 0 Å². The van der Waals surface area contributed by atoms with Crippen molar-refractivity contribution in [2.24, 2.45) is 0 Å². The summed E-state index contributed by atoms with van der Waals surface area (Å²) in [6.07, 6.45) is 2.16. The van der Waals surface area contributed by atoms with Gasteiger partial charge in [-0.25, -0.2) is 9.29 Å². The van der Waals surface area contributed by atoms with Crippen molar-refractivity contribution in [1.29, 1.82) is 0 Å². The van der Waals surface area contributed by atoms with Gasteiger partial charge in [0.1, 0.15) is 20.7 Å². The van der Waals surface area contributed by atoms with Crippen LogP contribution in [0.3, 0.4) is 0 Å². The fraction of sp³-hybridized carbons (Fsp3) is 0.421. The number of benzene rings is 1. The summed E-state index contributed by atoms with van der Waals surface area (Å²) in [5, 5.41) is 0. The van der Waals surface area contributed by atoms with Gasteiger partial charge in [0.15, 0.2) is 0 Å². The first-order chi connectivity index (χ1) is 13.0. The molecule has 0 aromatic heterocycles. The predicted octanol–water partition coefficient (Wildman–Crippen LogP) is 3.37. The standard InChI is InChI=1S/C19H22FN3O2S2/c1-3-21(4-2)15-16(27-19(26)22-11-5-6-12-22)18(25)23(17(15)24)14-9-7-13(20)8-10-14/h7-10H,3-6,11-12H2,1-2H3. The maximum absolute atomic E-state index is 13.3. The quantitative estimate of drug-likeness (QED) is 0.551. The monoisotopic (exact) mass is 407 g/mol. The maximum atomic E-state index is 13.3. The molecule has 0 bridgehead atoms. The van der Waals surface area contributed by atoms with Crippen LogP contribution in [0.25, 0.3) is 0 Å². The summed E-state index contributed by atoms with van der Waals surface area (Å²) in [7, 11) is 0. The van der Waals surface area contributed by atoms with E-state index in [4.69, 9.17) is 12.2 Å². The fourth-order valence-corrected chi connectivity index (χ4v) is 4.70. The van der Waals surface area contributed by atoms with Crippen LogP contribution < -0.4 is 4.90 Å². The molecule has 2 aliphatic heterocycles. The number of halogens is 1. The highest BCUT2D eigenvalue weighted by atomic mass is 32.2. The summed E-state index contributed by atoms with van der Waals surface area (Å²) in [6.45, 7) is 6.84. The molecule has 0 saturated carbocycles. The van der Waals surface area contributed by atoms with E-state index < -0.39 is 11.7 Å². The van der Waals surface area contributed by atoms with Crippen molar-refractivity contribution in [1.82, 2.24) is 9.80 Å². The Morgan fingerprint density at radius 3 is 2.26 bits per heavy atom. The highest BCUT2D eigenvalue weighted by Gasteiger charge is 2.42. The Morgan fingerprint density at radius 2 is 1.70 bits per heavy atom. The summed E-state index contributed by atoms with van der Waals surface area (Å²) < 4.78 is 13.9. The van der Waals surface area contributed by atoms with E-state index in [1.54, 1.807) is 0 Å². The minimum absolute atomic E-state index is 0.352. The van der Waals surface area contributed by atoms with Crippen molar-refractivity contribution in [3.05, 3.63) is 40.7 Å². The Balaban J connectivity index is 1.95. The Hall–Kier alpha value is -1.93. The van der Waals surface area contributed by atoms with E-state index in [9.17, 15) is 14.0 Å². The SMILES string of the molecule is CCN(CC)C1=C(SC(=S)N2CCCC2)C(=O)N(c2ccc(F)cc2)C1=O. The van der Waals surface area contributed by atoms with Gasteiger partial charge in [0, 0.05) is 26.2 Å². The number of anilines is 1. The first-order valence-electron chi connectivity index (χ1n) is 9.08. The number of thioether (sulfide) groups is 1. The van der Waals surface area contributed by atoms with Gasteiger partial charge in [-0.3, -0.25) is 9.59 Å². The number of likely N-dealkylation sites (tertiary alicyclic amines) is 1. The van der Waals surface area contributed by atoms with Gasteiger partial charge in [-0.15, -0.1) is 0 Å². The van der Waals surface area contributed by atoms with E-state index in [0.29, 0.717) is 33.7 Å². The second kappa shape index (κ2) is 8.39. The summed E-state index contributed by atoms with van der Waals surface area (Å²) in [6, 6.07) is 5.37. The molecule has 0 spiro atoms. The van der Waals surface area contributed by atoms with Gasteiger partial charge in [-0.05, 0) is 51.0 Å². The van der Waals surface area contributed by atoms with Crippen LogP contribution in [0.4, 0.5) is 10.1 Å².